The molecule has 0 unspecified atom stereocenters. The fourth-order valence-corrected chi connectivity index (χ4v) is 2.58. The topological polar surface area (TPSA) is 84.3 Å². The predicted octanol–water partition coefficient (Wildman–Crippen LogP) is 2.16. The number of benzene rings is 1. The molecule has 0 aromatic heterocycles. The molecule has 1 saturated carbocycles. The van der Waals surface area contributed by atoms with Gasteiger partial charge in [0.05, 0.1) is 34.5 Å². The third kappa shape index (κ3) is 5.80. The summed E-state index contributed by atoms with van der Waals surface area (Å²) in [4.78, 5) is 4.62. The number of nitrogens with zero attached hydrogens (tertiary/aromatic N) is 1. The summed E-state index contributed by atoms with van der Waals surface area (Å²) >= 11 is 0. The van der Waals surface area contributed by atoms with E-state index < -0.39 is 0 Å². The molecule has 7 nitrogen and oxygen atoms in total. The van der Waals surface area contributed by atoms with Crippen LogP contribution in [-0.2, 0) is 6.54 Å². The molecule has 0 saturated heterocycles. The molecule has 1 aromatic carbocycles. The average molecular weight is 479 g/mol. The van der Waals surface area contributed by atoms with Crippen LogP contribution < -0.4 is 24.8 Å². The first-order valence-corrected chi connectivity index (χ1v) is 8.53. The van der Waals surface area contributed by atoms with Crippen molar-refractivity contribution < 1.29 is 19.3 Å². The lowest BCUT2D eigenvalue weighted by Gasteiger charge is -2.17. The van der Waals surface area contributed by atoms with E-state index in [1.165, 1.54) is 0 Å². The Labute approximate surface area is 172 Å². The highest BCUT2D eigenvalue weighted by Crippen LogP contribution is 2.44. The summed E-state index contributed by atoms with van der Waals surface area (Å²) in [6.07, 6.45) is 2.12. The molecular formula is C18H30IN3O4. The second-order valence-corrected chi connectivity index (χ2v) is 6.24. The van der Waals surface area contributed by atoms with E-state index in [2.05, 4.69) is 15.6 Å². The summed E-state index contributed by atoms with van der Waals surface area (Å²) in [6.45, 7) is 4.21. The molecule has 0 aliphatic heterocycles. The van der Waals surface area contributed by atoms with Gasteiger partial charge in [0.1, 0.15) is 0 Å². The van der Waals surface area contributed by atoms with Crippen LogP contribution in [0.1, 0.15) is 25.3 Å². The van der Waals surface area contributed by atoms with E-state index in [-0.39, 0.29) is 36.0 Å². The van der Waals surface area contributed by atoms with Crippen LogP contribution in [0.3, 0.4) is 0 Å². The van der Waals surface area contributed by atoms with Crippen molar-refractivity contribution in [3.63, 3.8) is 0 Å². The number of ether oxygens (including phenoxy) is 3. The zero-order chi connectivity index (χ0) is 18.3. The van der Waals surface area contributed by atoms with Gasteiger partial charge in [0, 0.05) is 18.5 Å². The number of nitrogens with one attached hydrogen (secondary N) is 2. The Bertz CT molecular complexity index is 581. The van der Waals surface area contributed by atoms with Crippen LogP contribution >= 0.6 is 24.0 Å². The minimum absolute atomic E-state index is 0. The second kappa shape index (κ2) is 10.7. The molecule has 8 heteroatoms. The summed E-state index contributed by atoms with van der Waals surface area (Å²) in [5.41, 5.74) is 0.984. The van der Waals surface area contributed by atoms with Crippen molar-refractivity contribution in [3.05, 3.63) is 17.7 Å². The van der Waals surface area contributed by atoms with Gasteiger partial charge in [-0.05, 0) is 37.5 Å². The number of hydrogen-bond acceptors (Lipinski definition) is 5. The van der Waals surface area contributed by atoms with Gasteiger partial charge in [-0.2, -0.15) is 0 Å². The first-order valence-electron chi connectivity index (χ1n) is 8.53. The summed E-state index contributed by atoms with van der Waals surface area (Å²) in [5.74, 6) is 2.53. The molecule has 0 spiro atoms. The monoisotopic (exact) mass is 479 g/mol. The number of aliphatic imine (C=N–C) groups is 1. The van der Waals surface area contributed by atoms with Crippen molar-refractivity contribution in [2.75, 3.05) is 41.0 Å². The van der Waals surface area contributed by atoms with Crippen LogP contribution in [0.2, 0.25) is 0 Å². The molecule has 3 N–H and O–H groups in total. The normalized spacial score (nSPS) is 14.9. The summed E-state index contributed by atoms with van der Waals surface area (Å²) in [6, 6.07) is 3.79. The largest absolute Gasteiger partial charge is 0.493 e. The number of aliphatic hydroxyl groups is 1. The molecule has 2 rings (SSSR count). The Kier molecular flexibility index (Phi) is 9.28. The van der Waals surface area contributed by atoms with Gasteiger partial charge in [-0.25, -0.2) is 4.99 Å². The molecule has 0 radical (unpaired) electrons. The molecular weight excluding hydrogens is 449 g/mol. The third-order valence-electron chi connectivity index (χ3n) is 4.41. The van der Waals surface area contributed by atoms with E-state index in [1.807, 2.05) is 19.1 Å². The van der Waals surface area contributed by atoms with Gasteiger partial charge in [0.25, 0.3) is 0 Å². The SMILES string of the molecule is CCNC(=NCc1cc(OC)c(OC)c(OC)c1)NCC1(CO)CC1.I. The standard InChI is InChI=1S/C18H29N3O4.HI/c1-5-19-17(21-11-18(12-22)6-7-18)20-10-13-8-14(23-2)16(25-4)15(9-13)24-3;/h8-9,22H,5-7,10-12H2,1-4H3,(H2,19,20,21);1H. The fourth-order valence-electron chi connectivity index (χ4n) is 2.58. The van der Waals surface area contributed by atoms with Crippen molar-refractivity contribution in [2.24, 2.45) is 10.4 Å². The van der Waals surface area contributed by atoms with Gasteiger partial charge in [0.2, 0.25) is 5.75 Å². The van der Waals surface area contributed by atoms with Crippen LogP contribution in [0, 0.1) is 5.41 Å². The number of hydrogen-bond donors (Lipinski definition) is 3. The van der Waals surface area contributed by atoms with E-state index in [9.17, 15) is 5.11 Å². The molecule has 0 bridgehead atoms. The maximum atomic E-state index is 9.43. The minimum Gasteiger partial charge on any atom is -0.493 e. The lowest BCUT2D eigenvalue weighted by atomic mass is 10.1. The molecule has 1 aliphatic rings. The molecule has 0 heterocycles. The maximum absolute atomic E-state index is 9.43. The second-order valence-electron chi connectivity index (χ2n) is 6.24. The Morgan fingerprint density at radius 3 is 2.15 bits per heavy atom. The molecule has 26 heavy (non-hydrogen) atoms. The quantitative estimate of drug-likeness (QED) is 0.286. The van der Waals surface area contributed by atoms with Crippen LogP contribution in [0.4, 0.5) is 0 Å². The zero-order valence-electron chi connectivity index (χ0n) is 15.9. The maximum Gasteiger partial charge on any atom is 0.203 e. The summed E-state index contributed by atoms with van der Waals surface area (Å²) in [7, 11) is 4.78. The van der Waals surface area contributed by atoms with Gasteiger partial charge >= 0.3 is 0 Å². The molecule has 0 atom stereocenters. The van der Waals surface area contributed by atoms with Crippen molar-refractivity contribution in [1.82, 2.24) is 10.6 Å². The average Bonchev–Trinajstić information content (AvgIpc) is 3.43. The lowest BCUT2D eigenvalue weighted by molar-refractivity contribution is 0.212. The van der Waals surface area contributed by atoms with Gasteiger partial charge in [-0.3, -0.25) is 0 Å². The summed E-state index contributed by atoms with van der Waals surface area (Å²) < 4.78 is 16.1. The summed E-state index contributed by atoms with van der Waals surface area (Å²) in [5, 5.41) is 16.0. The minimum atomic E-state index is 0. The van der Waals surface area contributed by atoms with Crippen LogP contribution in [0.15, 0.2) is 17.1 Å². The van der Waals surface area contributed by atoms with E-state index >= 15 is 0 Å². The van der Waals surface area contributed by atoms with Crippen LogP contribution in [-0.4, -0.2) is 52.1 Å². The van der Waals surface area contributed by atoms with Crippen molar-refractivity contribution in [1.29, 1.82) is 0 Å². The van der Waals surface area contributed by atoms with E-state index in [1.54, 1.807) is 21.3 Å². The molecule has 148 valence electrons. The number of rotatable bonds is 9. The fraction of sp³-hybridized carbons (Fsp3) is 0.611. The van der Waals surface area contributed by atoms with Gasteiger partial charge in [-0.15, -0.1) is 24.0 Å². The predicted molar refractivity (Wildman–Crippen MR) is 113 cm³/mol. The highest BCUT2D eigenvalue weighted by molar-refractivity contribution is 14.0. The van der Waals surface area contributed by atoms with Gasteiger partial charge in [-0.1, -0.05) is 0 Å². The molecule has 1 aromatic rings. The highest BCUT2D eigenvalue weighted by Gasteiger charge is 2.41. The van der Waals surface area contributed by atoms with Gasteiger partial charge in [0.15, 0.2) is 17.5 Å². The highest BCUT2D eigenvalue weighted by atomic mass is 127. The molecule has 0 amide bonds. The smallest absolute Gasteiger partial charge is 0.203 e. The molecule has 1 fully saturated rings. The van der Waals surface area contributed by atoms with E-state index in [4.69, 9.17) is 14.2 Å². The lowest BCUT2D eigenvalue weighted by Crippen LogP contribution is -2.41. The zero-order valence-corrected chi connectivity index (χ0v) is 18.3. The van der Waals surface area contributed by atoms with Gasteiger partial charge < -0.3 is 30.0 Å². The first kappa shape index (κ1) is 22.6. The third-order valence-corrected chi connectivity index (χ3v) is 4.41. The number of methoxy groups -OCH3 is 3. The van der Waals surface area contributed by atoms with E-state index in [0.29, 0.717) is 23.8 Å². The van der Waals surface area contributed by atoms with Crippen molar-refractivity contribution in [2.45, 2.75) is 26.3 Å². The van der Waals surface area contributed by atoms with Crippen molar-refractivity contribution >= 4 is 29.9 Å². The first-order chi connectivity index (χ1) is 12.1. The Hall–Kier alpha value is -1.42. The number of aliphatic hydroxyl groups excluding tert-OH is 1. The van der Waals surface area contributed by atoms with Crippen molar-refractivity contribution in [3.8, 4) is 17.2 Å². The van der Waals surface area contributed by atoms with Crippen LogP contribution in [0.5, 0.6) is 17.2 Å². The Morgan fingerprint density at radius 1 is 1.12 bits per heavy atom. The van der Waals surface area contributed by atoms with E-state index in [0.717, 1.165) is 37.5 Å². The molecule has 1 aliphatic carbocycles. The van der Waals surface area contributed by atoms with Crippen LogP contribution in [0.25, 0.3) is 0 Å². The number of guanidine groups is 1. The Balaban J connectivity index is 0.00000338. The number of halogens is 1. The Morgan fingerprint density at radius 2 is 1.73 bits per heavy atom.